The average molecular weight is 236 g/mol. The smallest absolute Gasteiger partial charge is 0.258 e. The molecule has 1 aliphatic heterocycles. The van der Waals surface area contributed by atoms with E-state index in [1.165, 1.54) is 12.1 Å². The highest BCUT2D eigenvalue weighted by atomic mass is 16.3. The fourth-order valence-electron chi connectivity index (χ4n) is 2.00. The van der Waals surface area contributed by atoms with E-state index in [-0.39, 0.29) is 29.0 Å². The molecule has 3 N–H and O–H groups in total. The van der Waals surface area contributed by atoms with Gasteiger partial charge in [-0.3, -0.25) is 4.79 Å². The molecular weight excluding hydrogens is 220 g/mol. The molecular formula is C12H16N2O3. The largest absolute Gasteiger partial charge is 0.504 e. The van der Waals surface area contributed by atoms with E-state index in [9.17, 15) is 15.0 Å². The molecule has 5 heteroatoms. The second kappa shape index (κ2) is 4.63. The van der Waals surface area contributed by atoms with E-state index in [4.69, 9.17) is 0 Å². The summed E-state index contributed by atoms with van der Waals surface area (Å²) in [5.74, 6) is -0.853. The third kappa shape index (κ3) is 2.19. The standard InChI is InChI=1S/C12H16N2O3/c1-8-7-13-5-6-14(8)12(17)9-3-2-4-10(15)11(9)16/h2-4,8,13,15-16H,5-7H2,1H3/t8-/m0/s1. The number of aromatic hydroxyl groups is 2. The Labute approximate surface area is 99.7 Å². The van der Waals surface area contributed by atoms with Crippen LogP contribution in [-0.2, 0) is 0 Å². The van der Waals surface area contributed by atoms with Crippen molar-refractivity contribution in [2.75, 3.05) is 19.6 Å². The Bertz CT molecular complexity index is 434. The summed E-state index contributed by atoms with van der Waals surface area (Å²) >= 11 is 0. The van der Waals surface area contributed by atoms with Crippen LogP contribution in [0.3, 0.4) is 0 Å². The number of carbonyl (C=O) groups excluding carboxylic acids is 1. The Morgan fingerprint density at radius 2 is 2.24 bits per heavy atom. The minimum atomic E-state index is -0.344. The third-order valence-corrected chi connectivity index (χ3v) is 3.01. The zero-order valence-electron chi connectivity index (χ0n) is 9.68. The van der Waals surface area contributed by atoms with Crippen molar-refractivity contribution in [1.29, 1.82) is 0 Å². The summed E-state index contributed by atoms with van der Waals surface area (Å²) in [6.07, 6.45) is 0. The van der Waals surface area contributed by atoms with E-state index in [1.807, 2.05) is 6.92 Å². The number of hydrogen-bond acceptors (Lipinski definition) is 4. The SMILES string of the molecule is C[C@H]1CNCCN1C(=O)c1cccc(O)c1O. The van der Waals surface area contributed by atoms with Crippen LogP contribution in [0.15, 0.2) is 18.2 Å². The summed E-state index contributed by atoms with van der Waals surface area (Å²) in [7, 11) is 0. The summed E-state index contributed by atoms with van der Waals surface area (Å²) in [6, 6.07) is 4.51. The van der Waals surface area contributed by atoms with Gasteiger partial charge >= 0.3 is 0 Å². The Hall–Kier alpha value is -1.75. The van der Waals surface area contributed by atoms with Gasteiger partial charge in [0.25, 0.3) is 5.91 Å². The van der Waals surface area contributed by atoms with Crippen molar-refractivity contribution in [3.63, 3.8) is 0 Å². The Balaban J connectivity index is 2.27. The molecule has 92 valence electrons. The lowest BCUT2D eigenvalue weighted by atomic mass is 10.1. The van der Waals surface area contributed by atoms with Crippen LogP contribution in [-0.4, -0.2) is 46.7 Å². The Morgan fingerprint density at radius 3 is 2.94 bits per heavy atom. The van der Waals surface area contributed by atoms with Gasteiger partial charge in [0.1, 0.15) is 0 Å². The summed E-state index contributed by atoms with van der Waals surface area (Å²) in [4.78, 5) is 13.9. The zero-order chi connectivity index (χ0) is 12.4. The van der Waals surface area contributed by atoms with Crippen molar-refractivity contribution >= 4 is 5.91 Å². The minimum absolute atomic E-state index is 0.0815. The quantitative estimate of drug-likeness (QED) is 0.622. The van der Waals surface area contributed by atoms with E-state index in [1.54, 1.807) is 11.0 Å². The number of phenolic OH excluding ortho intramolecular Hbond substituents is 2. The number of amides is 1. The molecule has 0 unspecified atom stereocenters. The number of nitrogens with one attached hydrogen (secondary N) is 1. The van der Waals surface area contributed by atoms with Gasteiger partial charge in [0.05, 0.1) is 5.56 Å². The van der Waals surface area contributed by atoms with Gasteiger partial charge in [0.15, 0.2) is 11.5 Å². The lowest BCUT2D eigenvalue weighted by Crippen LogP contribution is -2.52. The van der Waals surface area contributed by atoms with Gasteiger partial charge in [-0.2, -0.15) is 0 Å². The highest BCUT2D eigenvalue weighted by molar-refractivity contribution is 5.97. The molecule has 1 saturated heterocycles. The van der Waals surface area contributed by atoms with Crippen LogP contribution in [0.4, 0.5) is 0 Å². The second-order valence-corrected chi connectivity index (χ2v) is 4.22. The van der Waals surface area contributed by atoms with Crippen LogP contribution >= 0.6 is 0 Å². The first-order valence-electron chi connectivity index (χ1n) is 5.64. The molecule has 0 spiro atoms. The molecule has 2 rings (SSSR count). The van der Waals surface area contributed by atoms with E-state index in [0.29, 0.717) is 6.54 Å². The predicted octanol–water partition coefficient (Wildman–Crippen LogP) is 0.532. The van der Waals surface area contributed by atoms with E-state index >= 15 is 0 Å². The highest BCUT2D eigenvalue weighted by Gasteiger charge is 2.26. The highest BCUT2D eigenvalue weighted by Crippen LogP contribution is 2.29. The van der Waals surface area contributed by atoms with Crippen molar-refractivity contribution in [2.45, 2.75) is 13.0 Å². The van der Waals surface area contributed by atoms with Gasteiger partial charge in [-0.15, -0.1) is 0 Å². The van der Waals surface area contributed by atoms with Crippen molar-refractivity contribution in [3.05, 3.63) is 23.8 Å². The summed E-state index contributed by atoms with van der Waals surface area (Å²) in [5.41, 5.74) is 0.152. The normalized spacial score (nSPS) is 20.3. The maximum atomic E-state index is 12.2. The molecule has 5 nitrogen and oxygen atoms in total. The first-order chi connectivity index (χ1) is 8.11. The van der Waals surface area contributed by atoms with Gasteiger partial charge < -0.3 is 20.4 Å². The van der Waals surface area contributed by atoms with Crippen LogP contribution < -0.4 is 5.32 Å². The molecule has 1 aromatic rings. The number of benzene rings is 1. The molecule has 1 aromatic carbocycles. The number of piperazine rings is 1. The van der Waals surface area contributed by atoms with Crippen LogP contribution in [0.5, 0.6) is 11.5 Å². The molecule has 1 amide bonds. The van der Waals surface area contributed by atoms with Gasteiger partial charge in [-0.05, 0) is 19.1 Å². The number of nitrogens with zero attached hydrogens (tertiary/aromatic N) is 1. The van der Waals surface area contributed by atoms with Crippen molar-refractivity contribution in [2.24, 2.45) is 0 Å². The van der Waals surface area contributed by atoms with Gasteiger partial charge in [0.2, 0.25) is 0 Å². The van der Waals surface area contributed by atoms with Crippen LogP contribution in [0.1, 0.15) is 17.3 Å². The summed E-state index contributed by atoms with van der Waals surface area (Å²) < 4.78 is 0. The molecule has 0 aliphatic carbocycles. The first kappa shape index (κ1) is 11.7. The number of phenols is 2. The number of hydrogen-bond donors (Lipinski definition) is 3. The maximum absolute atomic E-state index is 12.2. The van der Waals surface area contributed by atoms with Crippen LogP contribution in [0.25, 0.3) is 0 Å². The van der Waals surface area contributed by atoms with Crippen molar-refractivity contribution < 1.29 is 15.0 Å². The topological polar surface area (TPSA) is 72.8 Å². The summed E-state index contributed by atoms with van der Waals surface area (Å²) in [6.45, 7) is 4.04. The fourth-order valence-corrected chi connectivity index (χ4v) is 2.00. The predicted molar refractivity (Wildman–Crippen MR) is 63.1 cm³/mol. The molecule has 0 aromatic heterocycles. The fraction of sp³-hybridized carbons (Fsp3) is 0.417. The average Bonchev–Trinajstić information content (AvgIpc) is 2.32. The molecule has 0 bridgehead atoms. The monoisotopic (exact) mass is 236 g/mol. The van der Waals surface area contributed by atoms with Gasteiger partial charge in [-0.25, -0.2) is 0 Å². The van der Waals surface area contributed by atoms with E-state index in [2.05, 4.69) is 5.32 Å². The van der Waals surface area contributed by atoms with Gasteiger partial charge in [0, 0.05) is 25.7 Å². The summed E-state index contributed by atoms with van der Waals surface area (Å²) in [5, 5.41) is 22.2. The number of carbonyl (C=O) groups is 1. The molecule has 1 fully saturated rings. The van der Waals surface area contributed by atoms with E-state index < -0.39 is 0 Å². The zero-order valence-corrected chi connectivity index (χ0v) is 9.68. The van der Waals surface area contributed by atoms with Crippen molar-refractivity contribution in [3.8, 4) is 11.5 Å². The molecule has 1 aliphatic rings. The molecule has 0 radical (unpaired) electrons. The van der Waals surface area contributed by atoms with Crippen molar-refractivity contribution in [1.82, 2.24) is 10.2 Å². The van der Waals surface area contributed by atoms with E-state index in [0.717, 1.165) is 13.1 Å². The molecule has 17 heavy (non-hydrogen) atoms. The third-order valence-electron chi connectivity index (χ3n) is 3.01. The van der Waals surface area contributed by atoms with Crippen LogP contribution in [0, 0.1) is 0 Å². The second-order valence-electron chi connectivity index (χ2n) is 4.22. The van der Waals surface area contributed by atoms with Crippen LogP contribution in [0.2, 0.25) is 0 Å². The Morgan fingerprint density at radius 1 is 1.47 bits per heavy atom. The molecule has 0 saturated carbocycles. The molecule has 1 heterocycles. The lowest BCUT2D eigenvalue weighted by molar-refractivity contribution is 0.0652. The lowest BCUT2D eigenvalue weighted by Gasteiger charge is -2.34. The Kier molecular flexibility index (Phi) is 3.19. The first-order valence-corrected chi connectivity index (χ1v) is 5.64. The van der Waals surface area contributed by atoms with Gasteiger partial charge in [-0.1, -0.05) is 6.07 Å². The maximum Gasteiger partial charge on any atom is 0.258 e. The molecule has 1 atom stereocenters. The number of para-hydroxylation sites is 1. The number of rotatable bonds is 1. The minimum Gasteiger partial charge on any atom is -0.504 e.